The number of amides is 1. The summed E-state index contributed by atoms with van der Waals surface area (Å²) in [4.78, 5) is 24.3. The van der Waals surface area contributed by atoms with Crippen LogP contribution in [0.2, 0.25) is 0 Å². The molecule has 1 fully saturated rings. The quantitative estimate of drug-likeness (QED) is 0.767. The number of carboxylic acids is 1. The van der Waals surface area contributed by atoms with Crippen LogP contribution < -0.4 is 0 Å². The maximum absolute atomic E-state index is 12.2. The lowest BCUT2D eigenvalue weighted by molar-refractivity contribution is -0.0669. The number of hydrogen-bond acceptors (Lipinski definition) is 6. The Balaban J connectivity index is 2.14. The van der Waals surface area contributed by atoms with Crippen LogP contribution >= 0.6 is 0 Å². The van der Waals surface area contributed by atoms with E-state index in [0.717, 1.165) is 6.07 Å². The molecular formula is C11H14N2O6. The topological polar surface area (TPSA) is 113 Å². The smallest absolute Gasteiger partial charge is 0.374 e. The average Bonchev–Trinajstić information content (AvgIpc) is 2.88. The number of aliphatic hydroxyl groups is 1. The Morgan fingerprint density at radius 3 is 2.89 bits per heavy atom. The first-order chi connectivity index (χ1) is 9.02. The Bertz CT molecular complexity index is 485. The Kier molecular flexibility index (Phi) is 3.82. The second-order valence-corrected chi connectivity index (χ2v) is 4.33. The van der Waals surface area contributed by atoms with Crippen LogP contribution in [0.25, 0.3) is 0 Å². The Labute approximate surface area is 108 Å². The van der Waals surface area contributed by atoms with E-state index in [0.29, 0.717) is 6.61 Å². The second kappa shape index (κ2) is 5.37. The number of aromatic nitrogens is 1. The van der Waals surface area contributed by atoms with E-state index in [1.807, 2.05) is 0 Å². The van der Waals surface area contributed by atoms with Gasteiger partial charge in [-0.1, -0.05) is 5.16 Å². The zero-order chi connectivity index (χ0) is 14.0. The van der Waals surface area contributed by atoms with Crippen molar-refractivity contribution in [3.8, 4) is 0 Å². The standard InChI is InChI=1S/C11H14N2O6/c1-6-5-18-7(4-14)3-13(6)10(15)8-2-9(11(16)17)19-12-8/h2,6-7,14H,3-5H2,1H3,(H,16,17). The number of carboxylic acid groups (broad SMARTS) is 1. The SMILES string of the molecule is CC1COC(CO)CN1C(=O)c1cc(C(=O)O)on1. The predicted molar refractivity (Wildman–Crippen MR) is 60.8 cm³/mol. The van der Waals surface area contributed by atoms with Gasteiger partial charge in [0.05, 0.1) is 25.4 Å². The second-order valence-electron chi connectivity index (χ2n) is 4.33. The van der Waals surface area contributed by atoms with E-state index in [1.165, 1.54) is 4.90 Å². The highest BCUT2D eigenvalue weighted by molar-refractivity contribution is 5.95. The first-order valence-corrected chi connectivity index (χ1v) is 5.76. The number of aliphatic hydroxyl groups excluding tert-OH is 1. The molecule has 8 nitrogen and oxygen atoms in total. The molecule has 0 aromatic carbocycles. The Hall–Kier alpha value is -1.93. The molecule has 2 rings (SSSR count). The van der Waals surface area contributed by atoms with Gasteiger partial charge in [-0.2, -0.15) is 0 Å². The van der Waals surface area contributed by atoms with Crippen LogP contribution in [-0.4, -0.2) is 64.1 Å². The van der Waals surface area contributed by atoms with E-state index >= 15 is 0 Å². The van der Waals surface area contributed by atoms with Crippen LogP contribution in [0, 0.1) is 0 Å². The van der Waals surface area contributed by atoms with Crippen LogP contribution in [0.5, 0.6) is 0 Å². The number of ether oxygens (including phenoxy) is 1. The zero-order valence-corrected chi connectivity index (χ0v) is 10.3. The first kappa shape index (κ1) is 13.5. The number of morpholine rings is 1. The number of nitrogens with zero attached hydrogens (tertiary/aromatic N) is 2. The molecule has 0 saturated carbocycles. The Morgan fingerprint density at radius 2 is 2.32 bits per heavy atom. The molecule has 2 atom stereocenters. The third-order valence-corrected chi connectivity index (χ3v) is 2.91. The van der Waals surface area contributed by atoms with E-state index in [9.17, 15) is 9.59 Å². The lowest BCUT2D eigenvalue weighted by atomic mass is 10.2. The van der Waals surface area contributed by atoms with E-state index in [2.05, 4.69) is 9.68 Å². The molecule has 104 valence electrons. The molecule has 1 aromatic rings. The van der Waals surface area contributed by atoms with Gasteiger partial charge in [-0.15, -0.1) is 0 Å². The number of rotatable bonds is 3. The molecule has 1 aromatic heterocycles. The van der Waals surface area contributed by atoms with Crippen LogP contribution in [0.3, 0.4) is 0 Å². The van der Waals surface area contributed by atoms with Crippen LogP contribution in [0.15, 0.2) is 10.6 Å². The molecule has 0 spiro atoms. The largest absolute Gasteiger partial charge is 0.475 e. The van der Waals surface area contributed by atoms with Gasteiger partial charge in [-0.3, -0.25) is 4.79 Å². The highest BCUT2D eigenvalue weighted by Crippen LogP contribution is 2.15. The first-order valence-electron chi connectivity index (χ1n) is 5.76. The van der Waals surface area contributed by atoms with Crippen molar-refractivity contribution in [3.05, 3.63) is 17.5 Å². The van der Waals surface area contributed by atoms with Gasteiger partial charge in [-0.05, 0) is 6.92 Å². The summed E-state index contributed by atoms with van der Waals surface area (Å²) in [5.41, 5.74) is -0.0668. The molecule has 0 aliphatic carbocycles. The fourth-order valence-electron chi connectivity index (χ4n) is 1.83. The van der Waals surface area contributed by atoms with Crippen molar-refractivity contribution in [2.45, 2.75) is 19.1 Å². The highest BCUT2D eigenvalue weighted by Gasteiger charge is 2.31. The van der Waals surface area contributed by atoms with Gasteiger partial charge < -0.3 is 24.4 Å². The van der Waals surface area contributed by atoms with Crippen molar-refractivity contribution < 1.29 is 29.1 Å². The summed E-state index contributed by atoms with van der Waals surface area (Å²) in [6.07, 6.45) is -0.439. The fraction of sp³-hybridized carbons (Fsp3) is 0.545. The van der Waals surface area contributed by atoms with Crippen molar-refractivity contribution in [3.63, 3.8) is 0 Å². The fourth-order valence-corrected chi connectivity index (χ4v) is 1.83. The van der Waals surface area contributed by atoms with Crippen LogP contribution in [0.4, 0.5) is 0 Å². The van der Waals surface area contributed by atoms with Gasteiger partial charge in [0.15, 0.2) is 5.69 Å². The van der Waals surface area contributed by atoms with Gasteiger partial charge in [-0.25, -0.2) is 4.79 Å². The summed E-state index contributed by atoms with van der Waals surface area (Å²) in [5.74, 6) is -2.11. The van der Waals surface area contributed by atoms with Gasteiger partial charge in [0.2, 0.25) is 5.76 Å². The zero-order valence-electron chi connectivity index (χ0n) is 10.3. The molecule has 0 bridgehead atoms. The summed E-state index contributed by atoms with van der Waals surface area (Å²) >= 11 is 0. The molecule has 1 aliphatic rings. The molecular weight excluding hydrogens is 256 g/mol. The third kappa shape index (κ3) is 2.74. The molecule has 8 heteroatoms. The van der Waals surface area contributed by atoms with Gasteiger partial charge in [0.1, 0.15) is 0 Å². The lowest BCUT2D eigenvalue weighted by Crippen LogP contribution is -2.52. The van der Waals surface area contributed by atoms with Crippen molar-refractivity contribution in [2.24, 2.45) is 0 Å². The van der Waals surface area contributed by atoms with Crippen LogP contribution in [0.1, 0.15) is 28.0 Å². The molecule has 2 N–H and O–H groups in total. The summed E-state index contributed by atoms with van der Waals surface area (Å²) < 4.78 is 9.87. The van der Waals surface area contributed by atoms with E-state index in [4.69, 9.17) is 14.9 Å². The van der Waals surface area contributed by atoms with Crippen molar-refractivity contribution in [1.82, 2.24) is 10.1 Å². The number of carbonyl (C=O) groups excluding carboxylic acids is 1. The van der Waals surface area contributed by atoms with Gasteiger partial charge >= 0.3 is 5.97 Å². The molecule has 1 saturated heterocycles. The molecule has 0 radical (unpaired) electrons. The van der Waals surface area contributed by atoms with Crippen molar-refractivity contribution >= 4 is 11.9 Å². The minimum atomic E-state index is -1.28. The van der Waals surface area contributed by atoms with E-state index < -0.39 is 18.0 Å². The minimum absolute atomic E-state index is 0.0668. The maximum atomic E-state index is 12.2. The van der Waals surface area contributed by atoms with Crippen molar-refractivity contribution in [1.29, 1.82) is 0 Å². The number of aromatic carboxylic acids is 1. The summed E-state index contributed by atoms with van der Waals surface area (Å²) in [5, 5.41) is 21.2. The highest BCUT2D eigenvalue weighted by atomic mass is 16.5. The van der Waals surface area contributed by atoms with Crippen molar-refractivity contribution in [2.75, 3.05) is 19.8 Å². The van der Waals surface area contributed by atoms with E-state index in [-0.39, 0.29) is 30.6 Å². The minimum Gasteiger partial charge on any atom is -0.475 e. The third-order valence-electron chi connectivity index (χ3n) is 2.91. The molecule has 2 unspecified atom stereocenters. The summed E-state index contributed by atoms with van der Waals surface area (Å²) in [6.45, 7) is 2.14. The average molecular weight is 270 g/mol. The summed E-state index contributed by atoms with van der Waals surface area (Å²) in [7, 11) is 0. The molecule has 19 heavy (non-hydrogen) atoms. The molecule has 1 aliphatic heterocycles. The van der Waals surface area contributed by atoms with Gasteiger partial charge in [0.25, 0.3) is 5.91 Å². The van der Waals surface area contributed by atoms with Crippen LogP contribution in [-0.2, 0) is 4.74 Å². The maximum Gasteiger partial charge on any atom is 0.374 e. The lowest BCUT2D eigenvalue weighted by Gasteiger charge is -2.36. The predicted octanol–water partition coefficient (Wildman–Crippen LogP) is -0.405. The van der Waals surface area contributed by atoms with Gasteiger partial charge in [0, 0.05) is 12.6 Å². The molecule has 2 heterocycles. The molecule has 1 amide bonds. The normalized spacial score (nSPS) is 23.4. The van der Waals surface area contributed by atoms with E-state index in [1.54, 1.807) is 6.92 Å². The number of carbonyl (C=O) groups is 2. The monoisotopic (exact) mass is 270 g/mol. The Morgan fingerprint density at radius 1 is 1.58 bits per heavy atom. The number of hydrogen-bond donors (Lipinski definition) is 2. The summed E-state index contributed by atoms with van der Waals surface area (Å²) in [6, 6.07) is 0.904.